The number of Topliss-reactive ketones (excluding diaryl/α,β-unsaturated/α-hetero) is 1. The molecular weight excluding hydrogens is 242 g/mol. The molecule has 0 atom stereocenters. The first-order valence-corrected chi connectivity index (χ1v) is 7.68. The van der Waals surface area contributed by atoms with Crippen LogP contribution in [0, 0.1) is 5.92 Å². The summed E-state index contributed by atoms with van der Waals surface area (Å²) in [7, 11) is 0. The topological polar surface area (TPSA) is 38.8 Å². The molecule has 1 fully saturated rings. The first-order chi connectivity index (χ1) is 9.27. The highest BCUT2D eigenvalue weighted by atomic mass is 16.5. The van der Waals surface area contributed by atoms with E-state index in [-0.39, 0.29) is 0 Å². The summed E-state index contributed by atoms with van der Waals surface area (Å²) in [5.41, 5.74) is 0. The van der Waals surface area contributed by atoms with Gasteiger partial charge in [0.2, 0.25) is 0 Å². The van der Waals surface area contributed by atoms with Gasteiger partial charge in [-0.1, -0.05) is 12.8 Å². The van der Waals surface area contributed by atoms with E-state index in [4.69, 9.17) is 9.47 Å². The summed E-state index contributed by atoms with van der Waals surface area (Å²) in [5, 5.41) is 0. The van der Waals surface area contributed by atoms with Crippen molar-refractivity contribution in [2.75, 3.05) is 46.1 Å². The van der Waals surface area contributed by atoms with Gasteiger partial charge in [-0.2, -0.15) is 0 Å². The summed E-state index contributed by atoms with van der Waals surface area (Å²) < 4.78 is 10.8. The molecule has 4 heteroatoms. The van der Waals surface area contributed by atoms with Crippen molar-refractivity contribution in [2.45, 2.75) is 39.5 Å². The Morgan fingerprint density at radius 2 is 1.58 bits per heavy atom. The van der Waals surface area contributed by atoms with Crippen molar-refractivity contribution in [1.82, 2.24) is 4.90 Å². The molecule has 1 rings (SSSR count). The molecule has 4 nitrogen and oxygen atoms in total. The normalized spacial score (nSPS) is 16.4. The van der Waals surface area contributed by atoms with Crippen LogP contribution in [0.3, 0.4) is 0 Å². The minimum Gasteiger partial charge on any atom is -0.380 e. The largest absolute Gasteiger partial charge is 0.380 e. The number of hydrogen-bond donors (Lipinski definition) is 0. The maximum Gasteiger partial charge on any atom is 0.149 e. The molecule has 0 aromatic heterocycles. The molecule has 0 heterocycles. The van der Waals surface area contributed by atoms with Crippen molar-refractivity contribution in [3.8, 4) is 0 Å². The van der Waals surface area contributed by atoms with Crippen molar-refractivity contribution < 1.29 is 14.3 Å². The number of rotatable bonds is 11. The van der Waals surface area contributed by atoms with Crippen LogP contribution in [0.1, 0.15) is 39.5 Å². The van der Waals surface area contributed by atoms with Crippen LogP contribution in [0.4, 0.5) is 0 Å². The van der Waals surface area contributed by atoms with Crippen LogP contribution in [-0.2, 0) is 14.3 Å². The minimum atomic E-state index is 0.307. The smallest absolute Gasteiger partial charge is 0.149 e. The fourth-order valence-electron chi connectivity index (χ4n) is 2.54. The van der Waals surface area contributed by atoms with Crippen LogP contribution in [0.5, 0.6) is 0 Å². The highest BCUT2D eigenvalue weighted by Gasteiger charge is 2.24. The van der Waals surface area contributed by atoms with Gasteiger partial charge >= 0.3 is 0 Å². The third-order valence-corrected chi connectivity index (χ3v) is 3.70. The summed E-state index contributed by atoms with van der Waals surface area (Å²) >= 11 is 0. The molecule has 1 aliphatic rings. The van der Waals surface area contributed by atoms with Crippen LogP contribution in [-0.4, -0.2) is 56.7 Å². The molecule has 0 N–H and O–H groups in total. The average molecular weight is 271 g/mol. The van der Waals surface area contributed by atoms with Gasteiger partial charge in [0.1, 0.15) is 5.78 Å². The quantitative estimate of drug-likeness (QED) is 0.540. The number of carbonyl (C=O) groups excluding carboxylic acids is 1. The van der Waals surface area contributed by atoms with Crippen LogP contribution in [0.2, 0.25) is 0 Å². The fraction of sp³-hybridized carbons (Fsp3) is 0.933. The van der Waals surface area contributed by atoms with Crippen molar-refractivity contribution >= 4 is 5.78 Å². The molecule has 0 aromatic carbocycles. The van der Waals surface area contributed by atoms with Gasteiger partial charge in [0.05, 0.1) is 19.8 Å². The van der Waals surface area contributed by atoms with Crippen molar-refractivity contribution in [1.29, 1.82) is 0 Å². The second kappa shape index (κ2) is 10.4. The first-order valence-electron chi connectivity index (χ1n) is 7.68. The van der Waals surface area contributed by atoms with Gasteiger partial charge in [-0.05, 0) is 26.7 Å². The van der Waals surface area contributed by atoms with Gasteiger partial charge in [0.15, 0.2) is 0 Å². The molecule has 112 valence electrons. The minimum absolute atomic E-state index is 0.307. The summed E-state index contributed by atoms with van der Waals surface area (Å²) in [6.45, 7) is 9.04. The Labute approximate surface area is 117 Å². The number of ether oxygens (including phenoxy) is 2. The Morgan fingerprint density at radius 1 is 1.05 bits per heavy atom. The predicted molar refractivity (Wildman–Crippen MR) is 76.4 cm³/mol. The zero-order valence-corrected chi connectivity index (χ0v) is 12.5. The van der Waals surface area contributed by atoms with Gasteiger partial charge in [0.25, 0.3) is 0 Å². The van der Waals surface area contributed by atoms with E-state index in [1.54, 1.807) is 0 Å². The van der Waals surface area contributed by atoms with E-state index in [1.807, 2.05) is 13.8 Å². The van der Waals surface area contributed by atoms with E-state index in [2.05, 4.69) is 4.90 Å². The van der Waals surface area contributed by atoms with Gasteiger partial charge in [-0.25, -0.2) is 0 Å². The molecule has 0 unspecified atom stereocenters. The molecule has 0 amide bonds. The SMILES string of the molecule is CCOCCN(CCOCC)CC(=O)C1CCCC1. The van der Waals surface area contributed by atoms with Gasteiger partial charge in [-0.3, -0.25) is 9.69 Å². The van der Waals surface area contributed by atoms with Crippen molar-refractivity contribution in [3.63, 3.8) is 0 Å². The van der Waals surface area contributed by atoms with Crippen molar-refractivity contribution in [2.24, 2.45) is 5.92 Å². The lowest BCUT2D eigenvalue weighted by Gasteiger charge is -2.22. The molecular formula is C15H29NO3. The molecule has 0 spiro atoms. The molecule has 1 saturated carbocycles. The first kappa shape index (κ1) is 16.6. The maximum atomic E-state index is 12.2. The van der Waals surface area contributed by atoms with Crippen LogP contribution in [0.15, 0.2) is 0 Å². The van der Waals surface area contributed by atoms with E-state index in [1.165, 1.54) is 12.8 Å². The Hall–Kier alpha value is -0.450. The number of carbonyl (C=O) groups is 1. The predicted octanol–water partition coefficient (Wildman–Crippen LogP) is 2.12. The Bertz CT molecular complexity index is 230. The molecule has 19 heavy (non-hydrogen) atoms. The van der Waals surface area contributed by atoms with Gasteiger partial charge in [-0.15, -0.1) is 0 Å². The summed E-state index contributed by atoms with van der Waals surface area (Å²) in [6, 6.07) is 0. The second-order valence-electron chi connectivity index (χ2n) is 5.12. The van der Waals surface area contributed by atoms with E-state index in [9.17, 15) is 4.79 Å². The fourth-order valence-corrected chi connectivity index (χ4v) is 2.54. The maximum absolute atomic E-state index is 12.2. The zero-order chi connectivity index (χ0) is 13.9. The second-order valence-corrected chi connectivity index (χ2v) is 5.12. The Kier molecular flexibility index (Phi) is 9.05. The Balaban J connectivity index is 2.30. The number of nitrogens with zero attached hydrogens (tertiary/aromatic N) is 1. The van der Waals surface area contributed by atoms with Crippen molar-refractivity contribution in [3.05, 3.63) is 0 Å². The summed E-state index contributed by atoms with van der Waals surface area (Å²) in [5.74, 6) is 0.715. The molecule has 0 aromatic rings. The average Bonchev–Trinajstić information content (AvgIpc) is 2.93. The van der Waals surface area contributed by atoms with Gasteiger partial charge < -0.3 is 9.47 Å². The number of ketones is 1. The lowest BCUT2D eigenvalue weighted by atomic mass is 10.0. The molecule has 0 saturated heterocycles. The summed E-state index contributed by atoms with van der Waals surface area (Å²) in [4.78, 5) is 14.4. The van der Waals surface area contributed by atoms with Crippen LogP contribution in [0.25, 0.3) is 0 Å². The molecule has 1 aliphatic carbocycles. The third-order valence-electron chi connectivity index (χ3n) is 3.70. The number of hydrogen-bond acceptors (Lipinski definition) is 4. The third kappa shape index (κ3) is 7.04. The zero-order valence-electron chi connectivity index (χ0n) is 12.5. The lowest BCUT2D eigenvalue weighted by molar-refractivity contribution is -0.124. The van der Waals surface area contributed by atoms with E-state index in [0.717, 1.165) is 39.1 Å². The van der Waals surface area contributed by atoms with Gasteiger partial charge in [0, 0.05) is 32.2 Å². The highest BCUT2D eigenvalue weighted by molar-refractivity contribution is 5.83. The Morgan fingerprint density at radius 3 is 2.05 bits per heavy atom. The molecule has 0 aliphatic heterocycles. The highest BCUT2D eigenvalue weighted by Crippen LogP contribution is 2.25. The monoisotopic (exact) mass is 271 g/mol. The molecule has 0 bridgehead atoms. The van der Waals surface area contributed by atoms with Crippen LogP contribution < -0.4 is 0 Å². The lowest BCUT2D eigenvalue weighted by Crippen LogP contribution is -2.37. The summed E-state index contributed by atoms with van der Waals surface area (Å²) in [6.07, 6.45) is 4.61. The van der Waals surface area contributed by atoms with E-state index < -0.39 is 0 Å². The molecule has 0 radical (unpaired) electrons. The van der Waals surface area contributed by atoms with Crippen LogP contribution >= 0.6 is 0 Å². The van der Waals surface area contributed by atoms with E-state index in [0.29, 0.717) is 31.5 Å². The standard InChI is InChI=1S/C15H29NO3/c1-3-18-11-9-16(10-12-19-4-2)13-15(17)14-7-5-6-8-14/h14H,3-13H2,1-2H3. The van der Waals surface area contributed by atoms with E-state index >= 15 is 0 Å².